The Bertz CT molecular complexity index is 996. The van der Waals surface area contributed by atoms with E-state index in [1.165, 1.54) is 10.6 Å². The molecule has 0 atom stereocenters. The van der Waals surface area contributed by atoms with Crippen LogP contribution >= 0.6 is 0 Å². The Morgan fingerprint density at radius 3 is 2.15 bits per heavy atom. The lowest BCUT2D eigenvalue weighted by molar-refractivity contribution is -0.137. The molecule has 33 heavy (non-hydrogen) atoms. The summed E-state index contributed by atoms with van der Waals surface area (Å²) < 4.78 is 10.7. The number of amides is 2. The van der Waals surface area contributed by atoms with E-state index in [4.69, 9.17) is 9.47 Å². The van der Waals surface area contributed by atoms with Crippen LogP contribution in [-0.4, -0.2) is 74.7 Å². The van der Waals surface area contributed by atoms with Gasteiger partial charge < -0.3 is 19.3 Å². The number of hydrogen-bond donors (Lipinski definition) is 0. The Balaban J connectivity index is 1.58. The molecule has 2 aromatic carbocycles. The van der Waals surface area contributed by atoms with Crippen LogP contribution in [0.3, 0.4) is 0 Å². The number of hydrogen-bond acceptors (Lipinski definition) is 6. The molecule has 2 aliphatic heterocycles. The Morgan fingerprint density at radius 1 is 0.848 bits per heavy atom. The zero-order valence-electron chi connectivity index (χ0n) is 19.3. The van der Waals surface area contributed by atoms with Crippen molar-refractivity contribution in [3.8, 4) is 5.75 Å². The highest BCUT2D eigenvalue weighted by atomic mass is 16.5. The Labute approximate surface area is 195 Å². The topological polar surface area (TPSA) is 62.3 Å². The van der Waals surface area contributed by atoms with Crippen LogP contribution in [0.15, 0.2) is 60.3 Å². The second kappa shape index (κ2) is 10.5. The molecule has 1 saturated heterocycles. The second-order valence-corrected chi connectivity index (χ2v) is 8.07. The SMILES string of the molecule is CCOCCCN1C(=O)C(c2ccc(OC)cc2)=C(N2CCN(c3ccccc3)CC2)C1=O. The summed E-state index contributed by atoms with van der Waals surface area (Å²) in [5.74, 6) is 0.264. The largest absolute Gasteiger partial charge is 0.497 e. The van der Waals surface area contributed by atoms with Crippen molar-refractivity contribution in [2.24, 2.45) is 0 Å². The standard InChI is InChI=1S/C26H31N3O4/c1-3-33-19-7-14-29-25(30)23(20-10-12-22(32-2)13-11-20)24(26(29)31)28-17-15-27(16-18-28)21-8-5-4-6-9-21/h4-6,8-13H,3,7,14-19H2,1-2H3. The maximum Gasteiger partial charge on any atom is 0.277 e. The van der Waals surface area contributed by atoms with E-state index in [0.717, 1.165) is 18.7 Å². The maximum absolute atomic E-state index is 13.5. The summed E-state index contributed by atoms with van der Waals surface area (Å²) in [6, 6.07) is 17.6. The molecule has 2 aromatic rings. The zero-order valence-corrected chi connectivity index (χ0v) is 19.3. The highest BCUT2D eigenvalue weighted by molar-refractivity contribution is 6.35. The molecule has 2 aliphatic rings. The highest BCUT2D eigenvalue weighted by Crippen LogP contribution is 2.33. The van der Waals surface area contributed by atoms with E-state index in [-0.39, 0.29) is 11.8 Å². The second-order valence-electron chi connectivity index (χ2n) is 8.07. The molecule has 0 aliphatic carbocycles. The molecule has 1 fully saturated rings. The lowest BCUT2D eigenvalue weighted by atomic mass is 10.0. The van der Waals surface area contributed by atoms with Gasteiger partial charge in [0.25, 0.3) is 11.8 Å². The number of ether oxygens (including phenoxy) is 2. The first-order chi connectivity index (χ1) is 16.1. The summed E-state index contributed by atoms with van der Waals surface area (Å²) in [5.41, 5.74) is 2.90. The molecule has 2 heterocycles. The minimum atomic E-state index is -0.234. The van der Waals surface area contributed by atoms with Gasteiger partial charge in [0.1, 0.15) is 11.4 Å². The minimum absolute atomic E-state index is 0.213. The summed E-state index contributed by atoms with van der Waals surface area (Å²) in [7, 11) is 1.61. The molecule has 7 heteroatoms. The van der Waals surface area contributed by atoms with Gasteiger partial charge in [-0.3, -0.25) is 14.5 Å². The molecular formula is C26H31N3O4. The van der Waals surface area contributed by atoms with Crippen LogP contribution in [-0.2, 0) is 14.3 Å². The summed E-state index contributed by atoms with van der Waals surface area (Å²) in [4.78, 5) is 32.6. The van der Waals surface area contributed by atoms with Gasteiger partial charge in [0, 0.05) is 51.6 Å². The lowest BCUT2D eigenvalue weighted by Gasteiger charge is -2.37. The summed E-state index contributed by atoms with van der Waals surface area (Å²) in [6.07, 6.45) is 0.621. The van der Waals surface area contributed by atoms with Gasteiger partial charge in [-0.1, -0.05) is 30.3 Å². The number of carbonyl (C=O) groups excluding carboxylic acids is 2. The van der Waals surface area contributed by atoms with Gasteiger partial charge in [0.15, 0.2) is 0 Å². The molecule has 174 valence electrons. The summed E-state index contributed by atoms with van der Waals surface area (Å²) in [5, 5.41) is 0. The van der Waals surface area contributed by atoms with Gasteiger partial charge in [-0.05, 0) is 43.2 Å². The van der Waals surface area contributed by atoms with E-state index in [2.05, 4.69) is 21.9 Å². The van der Waals surface area contributed by atoms with Crippen LogP contribution in [0.5, 0.6) is 5.75 Å². The van der Waals surface area contributed by atoms with Crippen LogP contribution < -0.4 is 9.64 Å². The lowest BCUT2D eigenvalue weighted by Crippen LogP contribution is -2.47. The fraction of sp³-hybridized carbons (Fsp3) is 0.385. The fourth-order valence-corrected chi connectivity index (χ4v) is 4.37. The highest BCUT2D eigenvalue weighted by Gasteiger charge is 2.41. The molecule has 0 bridgehead atoms. The first-order valence-corrected chi connectivity index (χ1v) is 11.5. The number of carbonyl (C=O) groups is 2. The third kappa shape index (κ3) is 4.88. The molecule has 0 unspecified atom stereocenters. The number of nitrogens with zero attached hydrogens (tertiary/aromatic N) is 3. The van der Waals surface area contributed by atoms with Gasteiger partial charge in [-0.2, -0.15) is 0 Å². The van der Waals surface area contributed by atoms with Crippen molar-refractivity contribution in [3.63, 3.8) is 0 Å². The van der Waals surface area contributed by atoms with Gasteiger partial charge in [0.2, 0.25) is 0 Å². The van der Waals surface area contributed by atoms with Crippen LogP contribution in [0, 0.1) is 0 Å². The third-order valence-electron chi connectivity index (χ3n) is 6.11. The van der Waals surface area contributed by atoms with E-state index in [1.807, 2.05) is 49.4 Å². The van der Waals surface area contributed by atoms with Crippen molar-refractivity contribution in [2.45, 2.75) is 13.3 Å². The van der Waals surface area contributed by atoms with Crippen molar-refractivity contribution < 1.29 is 19.1 Å². The number of benzene rings is 2. The van der Waals surface area contributed by atoms with Crippen molar-refractivity contribution in [2.75, 3.05) is 57.9 Å². The van der Waals surface area contributed by atoms with Gasteiger partial charge in [-0.25, -0.2) is 0 Å². The van der Waals surface area contributed by atoms with Gasteiger partial charge in [0.05, 0.1) is 12.7 Å². The average Bonchev–Trinajstić information content (AvgIpc) is 3.12. The third-order valence-corrected chi connectivity index (χ3v) is 6.11. The van der Waals surface area contributed by atoms with E-state index in [1.54, 1.807) is 7.11 Å². The van der Waals surface area contributed by atoms with Crippen LogP contribution in [0.4, 0.5) is 5.69 Å². The number of methoxy groups -OCH3 is 1. The number of piperazine rings is 1. The predicted molar refractivity (Wildman–Crippen MR) is 128 cm³/mol. The summed E-state index contributed by atoms with van der Waals surface area (Å²) in [6.45, 7) is 6.36. The van der Waals surface area contributed by atoms with Crippen molar-refractivity contribution in [3.05, 3.63) is 65.9 Å². The average molecular weight is 450 g/mol. The molecule has 0 spiro atoms. The molecule has 0 saturated carbocycles. The van der Waals surface area contributed by atoms with E-state index in [9.17, 15) is 9.59 Å². The van der Waals surface area contributed by atoms with Crippen LogP contribution in [0.1, 0.15) is 18.9 Å². The molecular weight excluding hydrogens is 418 g/mol. The quantitative estimate of drug-likeness (QED) is 0.433. The van der Waals surface area contributed by atoms with Crippen molar-refractivity contribution in [1.29, 1.82) is 0 Å². The monoisotopic (exact) mass is 449 g/mol. The van der Waals surface area contributed by atoms with E-state index in [0.29, 0.717) is 56.3 Å². The number of para-hydroxylation sites is 1. The van der Waals surface area contributed by atoms with Gasteiger partial charge >= 0.3 is 0 Å². The van der Waals surface area contributed by atoms with Crippen LogP contribution in [0.2, 0.25) is 0 Å². The molecule has 0 N–H and O–H groups in total. The van der Waals surface area contributed by atoms with Crippen molar-refractivity contribution in [1.82, 2.24) is 9.80 Å². The molecule has 2 amide bonds. The van der Waals surface area contributed by atoms with E-state index < -0.39 is 0 Å². The fourth-order valence-electron chi connectivity index (χ4n) is 4.37. The molecule has 0 aromatic heterocycles. The zero-order chi connectivity index (χ0) is 23.2. The minimum Gasteiger partial charge on any atom is -0.497 e. The molecule has 7 nitrogen and oxygen atoms in total. The first kappa shape index (κ1) is 22.9. The van der Waals surface area contributed by atoms with Gasteiger partial charge in [-0.15, -0.1) is 0 Å². The normalized spacial score (nSPS) is 16.7. The van der Waals surface area contributed by atoms with Crippen molar-refractivity contribution >= 4 is 23.1 Å². The van der Waals surface area contributed by atoms with E-state index >= 15 is 0 Å². The maximum atomic E-state index is 13.5. The Kier molecular flexibility index (Phi) is 7.29. The Hall–Kier alpha value is -3.32. The Morgan fingerprint density at radius 2 is 1.52 bits per heavy atom. The first-order valence-electron chi connectivity index (χ1n) is 11.5. The smallest absolute Gasteiger partial charge is 0.277 e. The molecule has 0 radical (unpaired) electrons. The number of rotatable bonds is 9. The van der Waals surface area contributed by atoms with Crippen LogP contribution in [0.25, 0.3) is 5.57 Å². The number of anilines is 1. The summed E-state index contributed by atoms with van der Waals surface area (Å²) >= 11 is 0. The number of imide groups is 1. The molecule has 4 rings (SSSR count). The predicted octanol–water partition coefficient (Wildman–Crippen LogP) is 3.02.